The summed E-state index contributed by atoms with van der Waals surface area (Å²) in [6, 6.07) is 24.2. The van der Waals surface area contributed by atoms with Crippen LogP contribution in [0, 0.1) is 6.92 Å². The Morgan fingerprint density at radius 3 is 2.31 bits per heavy atom. The zero-order valence-corrected chi connectivity index (χ0v) is 15.8. The molecule has 0 N–H and O–H groups in total. The van der Waals surface area contributed by atoms with Gasteiger partial charge in [-0.25, -0.2) is 0 Å². The van der Waals surface area contributed by atoms with Gasteiger partial charge in [0.2, 0.25) is 0 Å². The maximum Gasteiger partial charge on any atom is 0.119 e. The van der Waals surface area contributed by atoms with E-state index in [2.05, 4.69) is 81.4 Å². The van der Waals surface area contributed by atoms with E-state index in [1.54, 1.807) is 7.11 Å². The average Bonchev–Trinajstić information content (AvgIpc) is 2.66. The highest BCUT2D eigenvalue weighted by molar-refractivity contribution is 6.13. The molecular weight excluding hydrogens is 316 g/mol. The van der Waals surface area contributed by atoms with Crippen molar-refractivity contribution in [3.63, 3.8) is 0 Å². The second-order valence-electron chi connectivity index (χ2n) is 7.29. The van der Waals surface area contributed by atoms with Gasteiger partial charge in [-0.2, -0.15) is 0 Å². The highest BCUT2D eigenvalue weighted by Gasteiger charge is 2.14. The zero-order valence-electron chi connectivity index (χ0n) is 15.8. The van der Waals surface area contributed by atoms with Crippen LogP contribution in [0.3, 0.4) is 0 Å². The lowest BCUT2D eigenvalue weighted by molar-refractivity contribution is 0.415. The molecule has 4 rings (SSSR count). The summed E-state index contributed by atoms with van der Waals surface area (Å²) >= 11 is 0. The summed E-state index contributed by atoms with van der Waals surface area (Å²) < 4.78 is 5.52. The van der Waals surface area contributed by atoms with E-state index < -0.39 is 0 Å². The number of hydrogen-bond donors (Lipinski definition) is 0. The van der Waals surface area contributed by atoms with E-state index in [0.717, 1.165) is 5.75 Å². The Hall–Kier alpha value is -2.80. The van der Waals surface area contributed by atoms with Crippen LogP contribution in [-0.4, -0.2) is 7.11 Å². The van der Waals surface area contributed by atoms with E-state index in [0.29, 0.717) is 5.92 Å². The molecule has 0 heterocycles. The van der Waals surface area contributed by atoms with Crippen LogP contribution in [0.5, 0.6) is 5.75 Å². The van der Waals surface area contributed by atoms with Crippen LogP contribution in [0.4, 0.5) is 0 Å². The molecule has 0 radical (unpaired) electrons. The minimum Gasteiger partial charge on any atom is -0.497 e. The molecule has 0 bridgehead atoms. The lowest BCUT2D eigenvalue weighted by Gasteiger charge is -2.17. The van der Waals surface area contributed by atoms with Gasteiger partial charge in [-0.15, -0.1) is 0 Å². The summed E-state index contributed by atoms with van der Waals surface area (Å²) in [6.07, 6.45) is 0. The first-order valence-electron chi connectivity index (χ1n) is 9.19. The van der Waals surface area contributed by atoms with E-state index in [1.807, 2.05) is 6.07 Å². The standard InChI is InChI=1S/C25H24O/c1-16(2)18-10-9-17(3)23(14-18)25-22-8-6-5-7-19(22)13-20-11-12-21(26-4)15-24(20)25/h5-16H,1-4H3. The molecule has 1 nitrogen and oxygen atoms in total. The zero-order chi connectivity index (χ0) is 18.3. The molecular formula is C25H24O. The molecule has 130 valence electrons. The van der Waals surface area contributed by atoms with Gasteiger partial charge in [0, 0.05) is 0 Å². The SMILES string of the molecule is COc1ccc2cc3ccccc3c(-c3cc(C(C)C)ccc3C)c2c1. The predicted octanol–water partition coefficient (Wildman–Crippen LogP) is 7.10. The second-order valence-corrected chi connectivity index (χ2v) is 7.29. The third kappa shape index (κ3) is 2.74. The van der Waals surface area contributed by atoms with Gasteiger partial charge in [-0.1, -0.05) is 62.4 Å². The van der Waals surface area contributed by atoms with Gasteiger partial charge >= 0.3 is 0 Å². The van der Waals surface area contributed by atoms with Crippen LogP contribution in [0.15, 0.2) is 66.7 Å². The van der Waals surface area contributed by atoms with Crippen molar-refractivity contribution >= 4 is 21.5 Å². The minimum absolute atomic E-state index is 0.505. The maximum atomic E-state index is 5.52. The Morgan fingerprint density at radius 1 is 0.769 bits per heavy atom. The number of hydrogen-bond acceptors (Lipinski definition) is 1. The summed E-state index contributed by atoms with van der Waals surface area (Å²) in [5.41, 5.74) is 5.28. The highest BCUT2D eigenvalue weighted by atomic mass is 16.5. The fourth-order valence-electron chi connectivity index (χ4n) is 3.73. The topological polar surface area (TPSA) is 9.23 Å². The summed E-state index contributed by atoms with van der Waals surface area (Å²) in [5, 5.41) is 5.05. The molecule has 4 aromatic carbocycles. The molecule has 0 unspecified atom stereocenters. The van der Waals surface area contributed by atoms with Crippen molar-refractivity contribution < 1.29 is 4.74 Å². The quantitative estimate of drug-likeness (QED) is 0.361. The molecule has 0 amide bonds. The Morgan fingerprint density at radius 2 is 1.54 bits per heavy atom. The molecule has 0 atom stereocenters. The average molecular weight is 340 g/mol. The van der Waals surface area contributed by atoms with Crippen LogP contribution in [0.1, 0.15) is 30.9 Å². The van der Waals surface area contributed by atoms with Crippen molar-refractivity contribution in [3.8, 4) is 16.9 Å². The monoisotopic (exact) mass is 340 g/mol. The first-order valence-corrected chi connectivity index (χ1v) is 9.19. The van der Waals surface area contributed by atoms with Crippen LogP contribution < -0.4 is 4.74 Å². The van der Waals surface area contributed by atoms with Gasteiger partial charge in [0.25, 0.3) is 0 Å². The lowest BCUT2D eigenvalue weighted by Crippen LogP contribution is -1.93. The van der Waals surface area contributed by atoms with E-state index in [9.17, 15) is 0 Å². The first-order chi connectivity index (χ1) is 12.6. The van der Waals surface area contributed by atoms with Crippen molar-refractivity contribution in [3.05, 3.63) is 77.9 Å². The fraction of sp³-hybridized carbons (Fsp3) is 0.200. The number of fused-ring (bicyclic) bond motifs is 2. The maximum absolute atomic E-state index is 5.52. The van der Waals surface area contributed by atoms with Gasteiger partial charge in [-0.05, 0) is 74.8 Å². The van der Waals surface area contributed by atoms with Crippen LogP contribution >= 0.6 is 0 Å². The van der Waals surface area contributed by atoms with E-state index >= 15 is 0 Å². The van der Waals surface area contributed by atoms with Gasteiger partial charge in [-0.3, -0.25) is 0 Å². The number of ether oxygens (including phenoxy) is 1. The van der Waals surface area contributed by atoms with Crippen LogP contribution in [0.2, 0.25) is 0 Å². The summed E-state index contributed by atoms with van der Waals surface area (Å²) in [6.45, 7) is 6.70. The van der Waals surface area contributed by atoms with Crippen LogP contribution in [-0.2, 0) is 0 Å². The summed E-state index contributed by atoms with van der Waals surface area (Å²) in [5.74, 6) is 1.40. The van der Waals surface area contributed by atoms with Crippen molar-refractivity contribution in [1.82, 2.24) is 0 Å². The molecule has 0 aliphatic rings. The van der Waals surface area contributed by atoms with Crippen LogP contribution in [0.25, 0.3) is 32.7 Å². The Kier molecular flexibility index (Phi) is 4.16. The highest BCUT2D eigenvalue weighted by Crippen LogP contribution is 2.40. The summed E-state index contributed by atoms with van der Waals surface area (Å²) in [7, 11) is 1.73. The van der Waals surface area contributed by atoms with E-state index in [1.165, 1.54) is 43.8 Å². The number of aryl methyl sites for hydroxylation is 1. The molecule has 0 saturated heterocycles. The van der Waals surface area contributed by atoms with Gasteiger partial charge in [0.15, 0.2) is 0 Å². The molecule has 0 saturated carbocycles. The smallest absolute Gasteiger partial charge is 0.119 e. The summed E-state index contributed by atoms with van der Waals surface area (Å²) in [4.78, 5) is 0. The van der Waals surface area contributed by atoms with E-state index in [-0.39, 0.29) is 0 Å². The minimum atomic E-state index is 0.505. The van der Waals surface area contributed by atoms with E-state index in [4.69, 9.17) is 4.74 Å². The molecule has 0 aliphatic heterocycles. The lowest BCUT2D eigenvalue weighted by atomic mass is 9.87. The van der Waals surface area contributed by atoms with Crippen molar-refractivity contribution in [1.29, 1.82) is 0 Å². The van der Waals surface area contributed by atoms with Gasteiger partial charge in [0.1, 0.15) is 5.75 Å². The molecule has 4 aromatic rings. The van der Waals surface area contributed by atoms with Gasteiger partial charge < -0.3 is 4.74 Å². The molecule has 0 fully saturated rings. The van der Waals surface area contributed by atoms with Crippen molar-refractivity contribution in [2.45, 2.75) is 26.7 Å². The molecule has 0 aromatic heterocycles. The Labute approximate surface area is 155 Å². The van der Waals surface area contributed by atoms with Crippen molar-refractivity contribution in [2.24, 2.45) is 0 Å². The first kappa shape index (κ1) is 16.7. The number of benzene rings is 4. The number of methoxy groups -OCH3 is 1. The Bertz CT molecular complexity index is 1110. The third-order valence-corrected chi connectivity index (χ3v) is 5.27. The Balaban J connectivity index is 2.17. The molecule has 26 heavy (non-hydrogen) atoms. The molecule has 0 spiro atoms. The second kappa shape index (κ2) is 6.49. The van der Waals surface area contributed by atoms with Crippen molar-refractivity contribution in [2.75, 3.05) is 7.11 Å². The third-order valence-electron chi connectivity index (χ3n) is 5.27. The normalized spacial score (nSPS) is 11.4. The number of rotatable bonds is 3. The largest absolute Gasteiger partial charge is 0.497 e. The molecule has 0 aliphatic carbocycles. The molecule has 1 heteroatoms. The van der Waals surface area contributed by atoms with Gasteiger partial charge in [0.05, 0.1) is 7.11 Å². The predicted molar refractivity (Wildman–Crippen MR) is 112 cm³/mol. The fourth-order valence-corrected chi connectivity index (χ4v) is 3.73.